The molecule has 0 spiro atoms. The Morgan fingerprint density at radius 3 is 2.68 bits per heavy atom. The molecule has 5 heteroatoms. The smallest absolute Gasteiger partial charge is 0.153 e. The topological polar surface area (TPSA) is 42.7 Å². The molecule has 19 heavy (non-hydrogen) atoms. The summed E-state index contributed by atoms with van der Waals surface area (Å²) in [4.78, 5) is 0. The van der Waals surface area contributed by atoms with E-state index in [1.54, 1.807) is 0 Å². The molecule has 2 aromatic rings. The number of hydrogen-bond donors (Lipinski definition) is 1. The van der Waals surface area contributed by atoms with Crippen LogP contribution in [0, 0.1) is 6.92 Å². The summed E-state index contributed by atoms with van der Waals surface area (Å²) < 4.78 is 2.62. The van der Waals surface area contributed by atoms with E-state index in [0.717, 1.165) is 23.3 Å². The number of nitrogens with one attached hydrogen (secondary N) is 1. The minimum absolute atomic E-state index is 0.107. The quantitative estimate of drug-likeness (QED) is 0.920. The molecule has 0 saturated heterocycles. The standard InChI is InChI=1S/C14H19BrN4/c1-4-9-16-12(11-8-6-5-7-10(11)2)13-14(15)17-18-19(13)3/h5-8,12,16H,4,9H2,1-3H3. The highest BCUT2D eigenvalue weighted by Gasteiger charge is 2.22. The molecule has 0 aliphatic carbocycles. The number of rotatable bonds is 5. The van der Waals surface area contributed by atoms with Gasteiger partial charge in [0.1, 0.15) is 0 Å². The van der Waals surface area contributed by atoms with E-state index in [0.29, 0.717) is 0 Å². The summed E-state index contributed by atoms with van der Waals surface area (Å²) >= 11 is 3.50. The molecule has 0 radical (unpaired) electrons. The Hall–Kier alpha value is -1.20. The second-order valence-electron chi connectivity index (χ2n) is 4.63. The summed E-state index contributed by atoms with van der Waals surface area (Å²) in [5, 5.41) is 11.7. The predicted molar refractivity (Wildman–Crippen MR) is 80.0 cm³/mol. The first-order chi connectivity index (χ1) is 9.15. The average Bonchev–Trinajstić information content (AvgIpc) is 2.73. The molecule has 0 aliphatic rings. The van der Waals surface area contributed by atoms with Crippen molar-refractivity contribution in [2.24, 2.45) is 7.05 Å². The van der Waals surface area contributed by atoms with Crippen molar-refractivity contribution in [1.82, 2.24) is 20.3 Å². The number of benzene rings is 1. The van der Waals surface area contributed by atoms with Gasteiger partial charge < -0.3 is 5.32 Å². The lowest BCUT2D eigenvalue weighted by atomic mass is 9.99. The van der Waals surface area contributed by atoms with Gasteiger partial charge in [-0.15, -0.1) is 5.10 Å². The van der Waals surface area contributed by atoms with Gasteiger partial charge in [-0.05, 0) is 46.9 Å². The molecule has 102 valence electrons. The SMILES string of the molecule is CCCNC(c1ccccc1C)c1c(Br)nnn1C. The molecule has 1 heterocycles. The van der Waals surface area contributed by atoms with Crippen LogP contribution < -0.4 is 5.32 Å². The van der Waals surface area contributed by atoms with E-state index in [9.17, 15) is 0 Å². The molecule has 0 amide bonds. The minimum Gasteiger partial charge on any atom is -0.305 e. The molecule has 0 aliphatic heterocycles. The summed E-state index contributed by atoms with van der Waals surface area (Å²) in [6, 6.07) is 8.53. The molecular weight excluding hydrogens is 304 g/mol. The first-order valence-corrected chi connectivity index (χ1v) is 7.28. The Morgan fingerprint density at radius 1 is 1.37 bits per heavy atom. The molecule has 0 fully saturated rings. The van der Waals surface area contributed by atoms with Crippen molar-refractivity contribution in [3.63, 3.8) is 0 Å². The maximum absolute atomic E-state index is 4.09. The van der Waals surface area contributed by atoms with Crippen LogP contribution in [0.4, 0.5) is 0 Å². The van der Waals surface area contributed by atoms with E-state index < -0.39 is 0 Å². The second-order valence-corrected chi connectivity index (χ2v) is 5.38. The monoisotopic (exact) mass is 322 g/mol. The molecule has 1 aromatic heterocycles. The van der Waals surface area contributed by atoms with Crippen LogP contribution in [0.5, 0.6) is 0 Å². The molecule has 1 unspecified atom stereocenters. The molecule has 1 aromatic carbocycles. The van der Waals surface area contributed by atoms with Gasteiger partial charge in [-0.1, -0.05) is 36.4 Å². The lowest BCUT2D eigenvalue weighted by Crippen LogP contribution is -2.26. The van der Waals surface area contributed by atoms with Crippen LogP contribution in [0.25, 0.3) is 0 Å². The molecule has 0 saturated carbocycles. The lowest BCUT2D eigenvalue weighted by molar-refractivity contribution is 0.548. The zero-order valence-corrected chi connectivity index (χ0v) is 13.1. The average molecular weight is 323 g/mol. The number of aryl methyl sites for hydroxylation is 2. The van der Waals surface area contributed by atoms with E-state index in [4.69, 9.17) is 0 Å². The van der Waals surface area contributed by atoms with Gasteiger partial charge in [-0.25, -0.2) is 4.68 Å². The molecular formula is C14H19BrN4. The van der Waals surface area contributed by atoms with Gasteiger partial charge in [0.25, 0.3) is 0 Å². The van der Waals surface area contributed by atoms with Crippen LogP contribution in [0.1, 0.15) is 36.2 Å². The Morgan fingerprint density at radius 2 is 2.11 bits per heavy atom. The molecule has 2 rings (SSSR count). The molecule has 1 N–H and O–H groups in total. The van der Waals surface area contributed by atoms with Gasteiger partial charge in [0.15, 0.2) is 4.60 Å². The molecule has 0 bridgehead atoms. The summed E-state index contributed by atoms with van der Waals surface area (Å²) in [5.41, 5.74) is 3.59. The van der Waals surface area contributed by atoms with E-state index in [1.807, 2.05) is 11.7 Å². The summed E-state index contributed by atoms with van der Waals surface area (Å²) in [5.74, 6) is 0. The first kappa shape index (κ1) is 14.2. The van der Waals surface area contributed by atoms with Crippen LogP contribution >= 0.6 is 15.9 Å². The van der Waals surface area contributed by atoms with E-state index in [2.05, 4.69) is 69.7 Å². The van der Waals surface area contributed by atoms with Crippen LogP contribution in [-0.2, 0) is 7.05 Å². The number of aromatic nitrogens is 3. The van der Waals surface area contributed by atoms with Crippen LogP contribution in [0.15, 0.2) is 28.9 Å². The summed E-state index contributed by atoms with van der Waals surface area (Å²) in [6.07, 6.45) is 1.09. The third kappa shape index (κ3) is 3.04. The fraction of sp³-hybridized carbons (Fsp3) is 0.429. The Balaban J connectivity index is 2.45. The molecule has 4 nitrogen and oxygen atoms in total. The number of nitrogens with zero attached hydrogens (tertiary/aromatic N) is 3. The third-order valence-corrected chi connectivity index (χ3v) is 3.76. The van der Waals surface area contributed by atoms with Gasteiger partial charge in [0, 0.05) is 7.05 Å². The Kier molecular flexibility index (Phi) is 4.71. The lowest BCUT2D eigenvalue weighted by Gasteiger charge is -2.21. The van der Waals surface area contributed by atoms with Gasteiger partial charge in [0.05, 0.1) is 11.7 Å². The predicted octanol–water partition coefficient (Wildman–Crippen LogP) is 2.98. The van der Waals surface area contributed by atoms with Crippen molar-refractivity contribution < 1.29 is 0 Å². The van der Waals surface area contributed by atoms with Gasteiger partial charge in [-0.2, -0.15) is 0 Å². The van der Waals surface area contributed by atoms with E-state index in [-0.39, 0.29) is 6.04 Å². The van der Waals surface area contributed by atoms with Crippen molar-refractivity contribution in [2.45, 2.75) is 26.3 Å². The van der Waals surface area contributed by atoms with Crippen molar-refractivity contribution in [1.29, 1.82) is 0 Å². The normalized spacial score (nSPS) is 12.6. The van der Waals surface area contributed by atoms with Crippen LogP contribution in [0.3, 0.4) is 0 Å². The summed E-state index contributed by atoms with van der Waals surface area (Å²) in [6.45, 7) is 5.25. The largest absolute Gasteiger partial charge is 0.305 e. The van der Waals surface area contributed by atoms with Gasteiger partial charge in [-0.3, -0.25) is 0 Å². The fourth-order valence-corrected chi connectivity index (χ4v) is 2.75. The van der Waals surface area contributed by atoms with Crippen molar-refractivity contribution in [2.75, 3.05) is 6.54 Å². The highest BCUT2D eigenvalue weighted by molar-refractivity contribution is 9.10. The highest BCUT2D eigenvalue weighted by atomic mass is 79.9. The maximum Gasteiger partial charge on any atom is 0.153 e. The van der Waals surface area contributed by atoms with Crippen LogP contribution in [0.2, 0.25) is 0 Å². The van der Waals surface area contributed by atoms with Crippen LogP contribution in [-0.4, -0.2) is 21.5 Å². The fourth-order valence-electron chi connectivity index (χ4n) is 2.20. The second kappa shape index (κ2) is 6.30. The van der Waals surface area contributed by atoms with Crippen molar-refractivity contribution >= 4 is 15.9 Å². The van der Waals surface area contributed by atoms with E-state index >= 15 is 0 Å². The van der Waals surface area contributed by atoms with Crippen molar-refractivity contribution in [3.05, 3.63) is 45.7 Å². The minimum atomic E-state index is 0.107. The Bertz CT molecular complexity index is 531. The summed E-state index contributed by atoms with van der Waals surface area (Å²) in [7, 11) is 1.92. The molecule has 1 atom stereocenters. The number of halogens is 1. The maximum atomic E-state index is 4.09. The van der Waals surface area contributed by atoms with Gasteiger partial charge >= 0.3 is 0 Å². The highest BCUT2D eigenvalue weighted by Crippen LogP contribution is 2.28. The number of hydrogen-bond acceptors (Lipinski definition) is 3. The van der Waals surface area contributed by atoms with Gasteiger partial charge in [0.2, 0.25) is 0 Å². The van der Waals surface area contributed by atoms with E-state index in [1.165, 1.54) is 11.1 Å². The first-order valence-electron chi connectivity index (χ1n) is 6.49. The van der Waals surface area contributed by atoms with Crippen molar-refractivity contribution in [3.8, 4) is 0 Å². The zero-order valence-electron chi connectivity index (χ0n) is 11.5. The zero-order chi connectivity index (χ0) is 13.8. The third-order valence-electron chi connectivity index (χ3n) is 3.20. The Labute approximate surface area is 122 Å².